The fourth-order valence-electron chi connectivity index (χ4n) is 1.07. The molecule has 0 radical (unpaired) electrons. The van der Waals surface area contributed by atoms with Crippen molar-refractivity contribution < 1.29 is 14.4 Å². The lowest BCUT2D eigenvalue weighted by Crippen LogP contribution is -2.52. The van der Waals surface area contributed by atoms with E-state index in [4.69, 9.17) is 5.73 Å². The highest BCUT2D eigenvalue weighted by Gasteiger charge is 2.28. The van der Waals surface area contributed by atoms with Crippen molar-refractivity contribution in [2.75, 3.05) is 5.75 Å². The van der Waals surface area contributed by atoms with Crippen LogP contribution in [-0.4, -0.2) is 34.1 Å². The highest BCUT2D eigenvalue weighted by Crippen LogP contribution is 2.04. The third-order valence-corrected chi connectivity index (χ3v) is 2.63. The fraction of sp³-hybridized carbons (Fsp3) is 0.700. The molecule has 0 aliphatic heterocycles. The van der Waals surface area contributed by atoms with Crippen LogP contribution in [-0.2, 0) is 14.4 Å². The van der Waals surface area contributed by atoms with Gasteiger partial charge in [-0.05, 0) is 20.8 Å². The van der Waals surface area contributed by atoms with Gasteiger partial charge in [0, 0.05) is 6.92 Å². The summed E-state index contributed by atoms with van der Waals surface area (Å²) in [5.74, 6) is -0.559. The molecule has 0 rings (SSSR count). The molecule has 1 atom stereocenters. The first-order chi connectivity index (χ1) is 7.14. The minimum Gasteiger partial charge on any atom is -0.346 e. The Hall–Kier alpha value is -0.880. The Morgan fingerprint density at radius 3 is 2.25 bits per heavy atom. The first-order valence-electron chi connectivity index (χ1n) is 4.90. The molecule has 92 valence electrons. The van der Waals surface area contributed by atoms with Crippen LogP contribution in [0, 0.1) is 0 Å². The van der Waals surface area contributed by atoms with Gasteiger partial charge in [0.05, 0.1) is 17.3 Å². The van der Waals surface area contributed by atoms with Gasteiger partial charge in [0.2, 0.25) is 5.91 Å². The smallest absolute Gasteiger partial charge is 0.231 e. The van der Waals surface area contributed by atoms with Gasteiger partial charge in [0.25, 0.3) is 0 Å². The van der Waals surface area contributed by atoms with Crippen molar-refractivity contribution in [1.82, 2.24) is 5.32 Å². The van der Waals surface area contributed by atoms with Crippen LogP contribution >= 0.6 is 11.8 Å². The monoisotopic (exact) mass is 246 g/mol. The van der Waals surface area contributed by atoms with Gasteiger partial charge in [-0.1, -0.05) is 11.8 Å². The van der Waals surface area contributed by atoms with Crippen LogP contribution in [0.2, 0.25) is 0 Å². The van der Waals surface area contributed by atoms with Crippen molar-refractivity contribution in [2.24, 2.45) is 5.73 Å². The van der Waals surface area contributed by atoms with Crippen LogP contribution in [0.3, 0.4) is 0 Å². The molecule has 0 aliphatic rings. The summed E-state index contributed by atoms with van der Waals surface area (Å²) in [5, 5.41) is 2.37. The molecule has 3 N–H and O–H groups in total. The number of amides is 1. The maximum atomic E-state index is 11.6. The average molecular weight is 246 g/mol. The third kappa shape index (κ3) is 5.87. The van der Waals surface area contributed by atoms with Gasteiger partial charge in [0.1, 0.15) is 0 Å². The summed E-state index contributed by atoms with van der Waals surface area (Å²) in [6.45, 7) is 6.13. The van der Waals surface area contributed by atoms with Crippen LogP contribution in [0.1, 0.15) is 27.7 Å². The van der Waals surface area contributed by atoms with Crippen LogP contribution < -0.4 is 11.1 Å². The lowest BCUT2D eigenvalue weighted by Gasteiger charge is -2.22. The molecule has 0 unspecified atom stereocenters. The standard InChI is InChI=1S/C10H18N2O3S/c1-6(9(15)10(3,4)11)12-8(14)5-16-7(2)13/h6H,5,11H2,1-4H3,(H,12,14)/t6-/m0/s1. The van der Waals surface area contributed by atoms with E-state index in [-0.39, 0.29) is 22.6 Å². The molecule has 0 aromatic heterocycles. The first-order valence-corrected chi connectivity index (χ1v) is 5.89. The molecule has 0 fully saturated rings. The maximum Gasteiger partial charge on any atom is 0.231 e. The molecule has 0 aromatic carbocycles. The minimum absolute atomic E-state index is 0.0257. The number of carbonyl (C=O) groups is 3. The van der Waals surface area contributed by atoms with E-state index in [0.717, 1.165) is 11.8 Å². The fourth-order valence-corrected chi connectivity index (χ4v) is 1.49. The summed E-state index contributed by atoms with van der Waals surface area (Å²) in [4.78, 5) is 33.6. The van der Waals surface area contributed by atoms with Crippen molar-refractivity contribution >= 4 is 28.6 Å². The largest absolute Gasteiger partial charge is 0.346 e. The molecule has 0 bridgehead atoms. The number of thioether (sulfide) groups is 1. The zero-order valence-electron chi connectivity index (χ0n) is 9.99. The topological polar surface area (TPSA) is 89.3 Å². The van der Waals surface area contributed by atoms with Crippen molar-refractivity contribution in [1.29, 1.82) is 0 Å². The second-order valence-electron chi connectivity index (χ2n) is 4.16. The third-order valence-electron chi connectivity index (χ3n) is 1.81. The van der Waals surface area contributed by atoms with E-state index in [2.05, 4.69) is 5.32 Å². The summed E-state index contributed by atoms with van der Waals surface area (Å²) in [7, 11) is 0. The molecular formula is C10H18N2O3S. The highest BCUT2D eigenvalue weighted by molar-refractivity contribution is 8.14. The molecule has 5 nitrogen and oxygen atoms in total. The SMILES string of the molecule is CC(=O)SCC(=O)N[C@@H](C)C(=O)C(C)(C)N. The summed E-state index contributed by atoms with van der Waals surface area (Å²) in [6.07, 6.45) is 0. The van der Waals surface area contributed by atoms with E-state index in [0.29, 0.717) is 0 Å². The second kappa shape index (κ2) is 6.00. The van der Waals surface area contributed by atoms with E-state index >= 15 is 0 Å². The minimum atomic E-state index is -0.972. The summed E-state index contributed by atoms with van der Waals surface area (Å²) in [5.41, 5.74) is 4.65. The highest BCUT2D eigenvalue weighted by atomic mass is 32.2. The molecule has 6 heteroatoms. The van der Waals surface area contributed by atoms with E-state index in [1.165, 1.54) is 6.92 Å². The number of hydrogen-bond donors (Lipinski definition) is 2. The number of carbonyl (C=O) groups excluding carboxylic acids is 3. The first kappa shape index (κ1) is 15.1. The summed E-state index contributed by atoms with van der Waals surface area (Å²) < 4.78 is 0. The Morgan fingerprint density at radius 2 is 1.88 bits per heavy atom. The van der Waals surface area contributed by atoms with E-state index in [1.54, 1.807) is 20.8 Å². The average Bonchev–Trinajstić information content (AvgIpc) is 2.11. The van der Waals surface area contributed by atoms with Gasteiger partial charge in [-0.15, -0.1) is 0 Å². The van der Waals surface area contributed by atoms with Gasteiger partial charge >= 0.3 is 0 Å². The van der Waals surface area contributed by atoms with Gasteiger partial charge in [-0.3, -0.25) is 14.4 Å². The summed E-state index contributed by atoms with van der Waals surface area (Å²) in [6, 6.07) is -0.639. The number of rotatable bonds is 5. The number of hydrogen-bond acceptors (Lipinski definition) is 5. The lowest BCUT2D eigenvalue weighted by molar-refractivity contribution is -0.128. The molecule has 0 saturated heterocycles. The Morgan fingerprint density at radius 1 is 1.38 bits per heavy atom. The van der Waals surface area contributed by atoms with Gasteiger partial charge < -0.3 is 11.1 Å². The zero-order chi connectivity index (χ0) is 12.9. The predicted octanol–water partition coefficient (Wildman–Crippen LogP) is 0.0772. The zero-order valence-corrected chi connectivity index (χ0v) is 10.8. The van der Waals surface area contributed by atoms with Gasteiger partial charge in [-0.25, -0.2) is 0 Å². The van der Waals surface area contributed by atoms with Crippen LogP contribution in [0.25, 0.3) is 0 Å². The Kier molecular flexibility index (Phi) is 5.67. The molecule has 1 amide bonds. The van der Waals surface area contributed by atoms with Crippen LogP contribution in [0.15, 0.2) is 0 Å². The lowest BCUT2D eigenvalue weighted by atomic mass is 9.95. The van der Waals surface area contributed by atoms with Crippen LogP contribution in [0.4, 0.5) is 0 Å². The number of ketones is 1. The van der Waals surface area contributed by atoms with Crippen molar-refractivity contribution in [3.8, 4) is 0 Å². The van der Waals surface area contributed by atoms with Crippen LogP contribution in [0.5, 0.6) is 0 Å². The number of nitrogens with one attached hydrogen (secondary N) is 1. The molecule has 0 aliphatic carbocycles. The maximum absolute atomic E-state index is 11.6. The number of Topliss-reactive ketones (excluding diaryl/α,β-unsaturated/α-hetero) is 1. The van der Waals surface area contributed by atoms with E-state index < -0.39 is 11.6 Å². The normalized spacial score (nSPS) is 13.1. The quantitative estimate of drug-likeness (QED) is 0.717. The predicted molar refractivity (Wildman–Crippen MR) is 64.0 cm³/mol. The molecule has 0 spiro atoms. The Balaban J connectivity index is 4.15. The summed E-state index contributed by atoms with van der Waals surface area (Å²) >= 11 is 0.907. The van der Waals surface area contributed by atoms with Gasteiger partial charge in [-0.2, -0.15) is 0 Å². The Labute approximate surface area is 99.5 Å². The molecule has 0 saturated carbocycles. The molecular weight excluding hydrogens is 228 g/mol. The molecule has 0 heterocycles. The van der Waals surface area contributed by atoms with Crippen molar-refractivity contribution in [3.63, 3.8) is 0 Å². The molecule has 16 heavy (non-hydrogen) atoms. The van der Waals surface area contributed by atoms with E-state index in [9.17, 15) is 14.4 Å². The van der Waals surface area contributed by atoms with E-state index in [1.807, 2.05) is 0 Å². The van der Waals surface area contributed by atoms with Gasteiger partial charge in [0.15, 0.2) is 10.9 Å². The Bertz CT molecular complexity index is 297. The number of nitrogens with two attached hydrogens (primary N) is 1. The second-order valence-corrected chi connectivity index (χ2v) is 5.31. The van der Waals surface area contributed by atoms with Crippen molar-refractivity contribution in [2.45, 2.75) is 39.3 Å². The van der Waals surface area contributed by atoms with Crippen molar-refractivity contribution in [3.05, 3.63) is 0 Å². The molecule has 0 aromatic rings.